The maximum Gasteiger partial charge on any atom is 0.251 e. The lowest BCUT2D eigenvalue weighted by atomic mass is 10.0. The molecule has 0 aliphatic rings. The molecule has 0 spiro atoms. The molecule has 1 aromatic carbocycles. The van der Waals surface area contributed by atoms with Crippen LogP contribution in [0.2, 0.25) is 5.02 Å². The van der Waals surface area contributed by atoms with Gasteiger partial charge in [0.1, 0.15) is 0 Å². The molecular formula is C15H22BrClF2N2. The van der Waals surface area contributed by atoms with Crippen LogP contribution in [0.3, 0.4) is 0 Å². The van der Waals surface area contributed by atoms with Crippen LogP contribution >= 0.6 is 27.5 Å². The fourth-order valence-electron chi connectivity index (χ4n) is 2.15. The van der Waals surface area contributed by atoms with Crippen molar-refractivity contribution in [2.45, 2.75) is 32.2 Å². The largest absolute Gasteiger partial charge is 0.310 e. The van der Waals surface area contributed by atoms with Crippen LogP contribution in [0, 0.1) is 0 Å². The van der Waals surface area contributed by atoms with E-state index in [0.717, 1.165) is 29.4 Å². The Morgan fingerprint density at radius 3 is 2.67 bits per heavy atom. The third kappa shape index (κ3) is 7.04. The van der Waals surface area contributed by atoms with Gasteiger partial charge in [0, 0.05) is 15.5 Å². The van der Waals surface area contributed by atoms with Gasteiger partial charge in [-0.05, 0) is 50.7 Å². The molecule has 6 heteroatoms. The van der Waals surface area contributed by atoms with Crippen LogP contribution in [-0.2, 0) is 0 Å². The average molecular weight is 384 g/mol. The van der Waals surface area contributed by atoms with E-state index >= 15 is 0 Å². The summed E-state index contributed by atoms with van der Waals surface area (Å²) in [5.41, 5.74) is 1.01. The van der Waals surface area contributed by atoms with Crippen molar-refractivity contribution >= 4 is 27.5 Å². The van der Waals surface area contributed by atoms with E-state index in [1.807, 2.05) is 18.2 Å². The van der Waals surface area contributed by atoms with Crippen molar-refractivity contribution in [2.75, 3.05) is 26.7 Å². The Balaban J connectivity index is 2.71. The van der Waals surface area contributed by atoms with Gasteiger partial charge >= 0.3 is 0 Å². The van der Waals surface area contributed by atoms with Gasteiger partial charge in [0.15, 0.2) is 0 Å². The number of hydrogen-bond acceptors (Lipinski definition) is 2. The highest BCUT2D eigenvalue weighted by atomic mass is 79.9. The number of alkyl halides is 2. The predicted octanol–water partition coefficient (Wildman–Crippen LogP) is 4.73. The Bertz CT molecular complexity index is 432. The number of rotatable bonds is 9. The lowest BCUT2D eigenvalue weighted by Gasteiger charge is -2.23. The van der Waals surface area contributed by atoms with Crippen LogP contribution in [0.1, 0.15) is 31.4 Å². The SMILES string of the molecule is CCCNC(CCN(C)CC(F)F)c1ccc(Br)cc1Cl. The second kappa shape index (κ2) is 9.72. The summed E-state index contributed by atoms with van der Waals surface area (Å²) in [5.74, 6) is 0. The molecule has 1 atom stereocenters. The first-order valence-electron chi connectivity index (χ1n) is 7.09. The Hall–Kier alpha value is -0.230. The number of halogens is 4. The highest BCUT2D eigenvalue weighted by molar-refractivity contribution is 9.10. The molecule has 1 unspecified atom stereocenters. The topological polar surface area (TPSA) is 15.3 Å². The normalized spacial score (nSPS) is 13.1. The molecule has 120 valence electrons. The molecular weight excluding hydrogens is 362 g/mol. The molecule has 1 rings (SSSR count). The van der Waals surface area contributed by atoms with Crippen LogP contribution in [-0.4, -0.2) is 38.0 Å². The molecule has 0 bridgehead atoms. The minimum absolute atomic E-state index is 0.0747. The van der Waals surface area contributed by atoms with Crippen molar-refractivity contribution in [2.24, 2.45) is 0 Å². The first-order chi connectivity index (χ1) is 9.93. The molecule has 0 saturated carbocycles. The van der Waals surface area contributed by atoms with Gasteiger partial charge in [0.05, 0.1) is 6.54 Å². The van der Waals surface area contributed by atoms with E-state index < -0.39 is 6.43 Å². The molecule has 21 heavy (non-hydrogen) atoms. The third-order valence-corrected chi connectivity index (χ3v) is 4.05. The van der Waals surface area contributed by atoms with Crippen molar-refractivity contribution in [3.63, 3.8) is 0 Å². The molecule has 0 aliphatic carbocycles. The van der Waals surface area contributed by atoms with E-state index in [1.165, 1.54) is 0 Å². The van der Waals surface area contributed by atoms with E-state index in [0.29, 0.717) is 11.6 Å². The number of nitrogens with one attached hydrogen (secondary N) is 1. The number of hydrogen-bond donors (Lipinski definition) is 1. The van der Waals surface area contributed by atoms with E-state index in [-0.39, 0.29) is 12.6 Å². The van der Waals surface area contributed by atoms with Gasteiger partial charge in [0.25, 0.3) is 6.43 Å². The molecule has 1 aromatic rings. The van der Waals surface area contributed by atoms with Crippen LogP contribution in [0.5, 0.6) is 0 Å². The number of benzene rings is 1. The van der Waals surface area contributed by atoms with Crippen LogP contribution in [0.15, 0.2) is 22.7 Å². The molecule has 0 heterocycles. The van der Waals surface area contributed by atoms with Crippen LogP contribution in [0.4, 0.5) is 8.78 Å². The fraction of sp³-hybridized carbons (Fsp3) is 0.600. The highest BCUT2D eigenvalue weighted by Crippen LogP contribution is 2.28. The van der Waals surface area contributed by atoms with Gasteiger partial charge in [-0.2, -0.15) is 0 Å². The van der Waals surface area contributed by atoms with Gasteiger partial charge in [-0.15, -0.1) is 0 Å². The number of nitrogens with zero attached hydrogens (tertiary/aromatic N) is 1. The zero-order valence-corrected chi connectivity index (χ0v) is 14.7. The fourth-order valence-corrected chi connectivity index (χ4v) is 2.95. The highest BCUT2D eigenvalue weighted by Gasteiger charge is 2.16. The van der Waals surface area contributed by atoms with E-state index in [4.69, 9.17) is 11.6 Å². The summed E-state index contributed by atoms with van der Waals surface area (Å²) in [4.78, 5) is 1.65. The van der Waals surface area contributed by atoms with Crippen molar-refractivity contribution in [1.82, 2.24) is 10.2 Å². The molecule has 2 nitrogen and oxygen atoms in total. The Morgan fingerprint density at radius 2 is 2.10 bits per heavy atom. The summed E-state index contributed by atoms with van der Waals surface area (Å²) in [6, 6.07) is 5.86. The standard InChI is InChI=1S/C15H22BrClF2N2/c1-3-7-20-14(6-8-21(2)10-15(18)19)12-5-4-11(16)9-13(12)17/h4-5,9,14-15,20H,3,6-8,10H2,1-2H3. The van der Waals surface area contributed by atoms with Crippen molar-refractivity contribution < 1.29 is 8.78 Å². The van der Waals surface area contributed by atoms with Gasteiger partial charge in [-0.25, -0.2) is 8.78 Å². The summed E-state index contributed by atoms with van der Waals surface area (Å²) in [7, 11) is 1.71. The zero-order chi connectivity index (χ0) is 15.8. The van der Waals surface area contributed by atoms with Crippen molar-refractivity contribution in [1.29, 1.82) is 0 Å². The van der Waals surface area contributed by atoms with E-state index in [9.17, 15) is 8.78 Å². The smallest absolute Gasteiger partial charge is 0.251 e. The lowest BCUT2D eigenvalue weighted by Crippen LogP contribution is -2.30. The van der Waals surface area contributed by atoms with Crippen LogP contribution < -0.4 is 5.32 Å². The van der Waals surface area contributed by atoms with Gasteiger partial charge in [-0.1, -0.05) is 40.5 Å². The van der Waals surface area contributed by atoms with E-state index in [1.54, 1.807) is 11.9 Å². The van der Waals surface area contributed by atoms with Crippen LogP contribution in [0.25, 0.3) is 0 Å². The Kier molecular flexibility index (Phi) is 8.71. The summed E-state index contributed by atoms with van der Waals surface area (Å²) in [5, 5.41) is 4.13. The summed E-state index contributed by atoms with van der Waals surface area (Å²) < 4.78 is 25.7. The quantitative estimate of drug-likeness (QED) is 0.663. The maximum atomic E-state index is 12.4. The van der Waals surface area contributed by atoms with Crippen molar-refractivity contribution in [3.05, 3.63) is 33.3 Å². The van der Waals surface area contributed by atoms with Gasteiger partial charge in [0.2, 0.25) is 0 Å². The lowest BCUT2D eigenvalue weighted by molar-refractivity contribution is 0.0984. The molecule has 0 aliphatic heterocycles. The summed E-state index contributed by atoms with van der Waals surface area (Å²) in [6.45, 7) is 3.36. The Morgan fingerprint density at radius 1 is 1.38 bits per heavy atom. The second-order valence-corrected chi connectivity index (χ2v) is 6.44. The van der Waals surface area contributed by atoms with Crippen molar-refractivity contribution in [3.8, 4) is 0 Å². The molecule has 0 amide bonds. The van der Waals surface area contributed by atoms with E-state index in [2.05, 4.69) is 28.2 Å². The zero-order valence-electron chi connectivity index (χ0n) is 12.4. The van der Waals surface area contributed by atoms with Gasteiger partial charge < -0.3 is 10.2 Å². The first kappa shape index (κ1) is 18.8. The molecule has 0 radical (unpaired) electrons. The Labute approximate surface area is 139 Å². The summed E-state index contributed by atoms with van der Waals surface area (Å²) >= 11 is 9.69. The third-order valence-electron chi connectivity index (χ3n) is 3.23. The maximum absolute atomic E-state index is 12.4. The summed E-state index contributed by atoms with van der Waals surface area (Å²) in [6.07, 6.45) is -0.546. The second-order valence-electron chi connectivity index (χ2n) is 5.11. The van der Waals surface area contributed by atoms with Gasteiger partial charge in [-0.3, -0.25) is 0 Å². The molecule has 0 saturated heterocycles. The molecule has 0 fully saturated rings. The monoisotopic (exact) mass is 382 g/mol. The molecule has 0 aromatic heterocycles. The minimum atomic E-state index is -2.30. The predicted molar refractivity (Wildman–Crippen MR) is 88.3 cm³/mol. The first-order valence-corrected chi connectivity index (χ1v) is 8.26. The average Bonchev–Trinajstić information content (AvgIpc) is 2.39. The minimum Gasteiger partial charge on any atom is -0.310 e. The molecule has 1 N–H and O–H groups in total.